The van der Waals surface area contributed by atoms with Crippen molar-refractivity contribution in [3.05, 3.63) is 29.3 Å². The predicted octanol–water partition coefficient (Wildman–Crippen LogP) is 2.61. The number of fused-ring (bicyclic) bond motifs is 1. The highest BCUT2D eigenvalue weighted by Gasteiger charge is 2.28. The maximum atomic E-state index is 6.25. The summed E-state index contributed by atoms with van der Waals surface area (Å²) in [5.41, 5.74) is 8.98. The van der Waals surface area contributed by atoms with Gasteiger partial charge in [-0.2, -0.15) is 0 Å². The molecule has 0 bridgehead atoms. The minimum absolute atomic E-state index is 0.324. The van der Waals surface area contributed by atoms with Gasteiger partial charge in [-0.1, -0.05) is 31.0 Å². The number of nitrogens with two attached hydrogens (primary N) is 1. The molecule has 1 aliphatic heterocycles. The molecule has 2 N–H and O–H groups in total. The third kappa shape index (κ3) is 1.61. The van der Waals surface area contributed by atoms with Crippen LogP contribution in [0.15, 0.2) is 18.2 Å². The molecule has 1 aromatic rings. The highest BCUT2D eigenvalue weighted by atomic mass is 16.5. The molecule has 1 fully saturated rings. The van der Waals surface area contributed by atoms with Gasteiger partial charge in [-0.25, -0.2) is 0 Å². The molecule has 2 unspecified atom stereocenters. The molecule has 86 valence electrons. The SMILES string of the molecule is NC1CCCCC1c1cccc2c1OCC2. The molecule has 2 heteroatoms. The smallest absolute Gasteiger partial charge is 0.126 e. The Balaban J connectivity index is 1.96. The van der Waals surface area contributed by atoms with Crippen LogP contribution in [0.3, 0.4) is 0 Å². The maximum Gasteiger partial charge on any atom is 0.126 e. The largest absolute Gasteiger partial charge is 0.493 e. The molecule has 1 aliphatic carbocycles. The van der Waals surface area contributed by atoms with E-state index in [1.807, 2.05) is 0 Å². The monoisotopic (exact) mass is 217 g/mol. The first-order valence-corrected chi connectivity index (χ1v) is 6.36. The van der Waals surface area contributed by atoms with Crippen molar-refractivity contribution in [3.63, 3.8) is 0 Å². The number of para-hydroxylation sites is 1. The van der Waals surface area contributed by atoms with Crippen molar-refractivity contribution in [2.24, 2.45) is 5.73 Å². The Morgan fingerprint density at radius 3 is 2.94 bits per heavy atom. The minimum Gasteiger partial charge on any atom is -0.493 e. The predicted molar refractivity (Wildman–Crippen MR) is 64.8 cm³/mol. The standard InChI is InChI=1S/C14H19NO/c15-13-7-2-1-5-11(13)12-6-3-4-10-8-9-16-14(10)12/h3-4,6,11,13H,1-2,5,7-9,15H2. The van der Waals surface area contributed by atoms with Crippen molar-refractivity contribution >= 4 is 0 Å². The first-order valence-electron chi connectivity index (χ1n) is 6.36. The van der Waals surface area contributed by atoms with E-state index in [0.717, 1.165) is 25.2 Å². The van der Waals surface area contributed by atoms with Crippen LogP contribution in [0.25, 0.3) is 0 Å². The lowest BCUT2D eigenvalue weighted by atomic mass is 9.79. The molecule has 1 heterocycles. The zero-order valence-corrected chi connectivity index (χ0v) is 9.61. The summed E-state index contributed by atoms with van der Waals surface area (Å²) in [5.74, 6) is 1.66. The molecule has 2 nitrogen and oxygen atoms in total. The van der Waals surface area contributed by atoms with Gasteiger partial charge in [0.2, 0.25) is 0 Å². The molecule has 1 aromatic carbocycles. The van der Waals surface area contributed by atoms with Crippen LogP contribution in [0, 0.1) is 0 Å². The van der Waals surface area contributed by atoms with E-state index in [4.69, 9.17) is 10.5 Å². The van der Waals surface area contributed by atoms with E-state index in [2.05, 4.69) is 18.2 Å². The third-order valence-corrected chi connectivity index (χ3v) is 3.96. The third-order valence-electron chi connectivity index (χ3n) is 3.96. The van der Waals surface area contributed by atoms with Crippen LogP contribution in [0.2, 0.25) is 0 Å². The van der Waals surface area contributed by atoms with E-state index in [-0.39, 0.29) is 0 Å². The van der Waals surface area contributed by atoms with Gasteiger partial charge in [-0.05, 0) is 24.0 Å². The minimum atomic E-state index is 0.324. The molecule has 2 aliphatic rings. The Hall–Kier alpha value is -1.02. The summed E-state index contributed by atoms with van der Waals surface area (Å²) < 4.78 is 5.78. The van der Waals surface area contributed by atoms with Crippen molar-refractivity contribution in [1.82, 2.24) is 0 Å². The summed E-state index contributed by atoms with van der Waals surface area (Å²) in [6, 6.07) is 6.87. The summed E-state index contributed by atoms with van der Waals surface area (Å²) in [6.45, 7) is 0.842. The van der Waals surface area contributed by atoms with Gasteiger partial charge in [0.05, 0.1) is 6.61 Å². The summed E-state index contributed by atoms with van der Waals surface area (Å²) in [6.07, 6.45) is 6.04. The summed E-state index contributed by atoms with van der Waals surface area (Å²) in [4.78, 5) is 0. The van der Waals surface area contributed by atoms with Crippen molar-refractivity contribution < 1.29 is 4.74 Å². The summed E-state index contributed by atoms with van der Waals surface area (Å²) in [5, 5.41) is 0. The Bertz CT molecular complexity index is 388. The highest BCUT2D eigenvalue weighted by Crippen LogP contribution is 2.40. The fraction of sp³-hybridized carbons (Fsp3) is 0.571. The average molecular weight is 217 g/mol. The van der Waals surface area contributed by atoms with Crippen LogP contribution in [0.1, 0.15) is 42.7 Å². The molecule has 3 rings (SSSR count). The Labute approximate surface area is 96.8 Å². The maximum absolute atomic E-state index is 6.25. The van der Waals surface area contributed by atoms with E-state index in [1.54, 1.807) is 0 Å². The Morgan fingerprint density at radius 2 is 2.06 bits per heavy atom. The quantitative estimate of drug-likeness (QED) is 0.784. The molecular weight excluding hydrogens is 198 g/mol. The van der Waals surface area contributed by atoms with Crippen molar-refractivity contribution in [2.75, 3.05) is 6.61 Å². The molecular formula is C14H19NO. The lowest BCUT2D eigenvalue weighted by molar-refractivity contribution is 0.335. The summed E-state index contributed by atoms with van der Waals surface area (Å²) >= 11 is 0. The summed E-state index contributed by atoms with van der Waals surface area (Å²) in [7, 11) is 0. The van der Waals surface area contributed by atoms with Crippen molar-refractivity contribution in [2.45, 2.75) is 44.1 Å². The fourth-order valence-electron chi connectivity index (χ4n) is 3.08. The second-order valence-corrected chi connectivity index (χ2v) is 4.99. The number of hydrogen-bond acceptors (Lipinski definition) is 2. The number of benzene rings is 1. The second kappa shape index (κ2) is 4.10. The molecule has 1 saturated carbocycles. The van der Waals surface area contributed by atoms with E-state index in [1.165, 1.54) is 30.4 Å². The van der Waals surface area contributed by atoms with Crippen LogP contribution in [-0.4, -0.2) is 12.6 Å². The van der Waals surface area contributed by atoms with Gasteiger partial charge < -0.3 is 10.5 Å². The molecule has 0 saturated heterocycles. The van der Waals surface area contributed by atoms with E-state index in [0.29, 0.717) is 12.0 Å². The van der Waals surface area contributed by atoms with E-state index >= 15 is 0 Å². The lowest BCUT2D eigenvalue weighted by Gasteiger charge is -2.29. The Kier molecular flexibility index (Phi) is 2.60. The van der Waals surface area contributed by atoms with Crippen LogP contribution >= 0.6 is 0 Å². The van der Waals surface area contributed by atoms with Gasteiger partial charge in [0.25, 0.3) is 0 Å². The van der Waals surface area contributed by atoms with Gasteiger partial charge in [0.15, 0.2) is 0 Å². The molecule has 0 aromatic heterocycles. The normalized spacial score (nSPS) is 28.6. The number of rotatable bonds is 1. The molecule has 0 amide bonds. The van der Waals surface area contributed by atoms with Crippen LogP contribution < -0.4 is 10.5 Å². The van der Waals surface area contributed by atoms with Crippen molar-refractivity contribution in [3.8, 4) is 5.75 Å². The van der Waals surface area contributed by atoms with Gasteiger partial charge >= 0.3 is 0 Å². The van der Waals surface area contributed by atoms with Crippen molar-refractivity contribution in [1.29, 1.82) is 0 Å². The first-order chi connectivity index (χ1) is 7.86. The van der Waals surface area contributed by atoms with Crippen LogP contribution in [0.4, 0.5) is 0 Å². The molecule has 16 heavy (non-hydrogen) atoms. The average Bonchev–Trinajstić information content (AvgIpc) is 2.77. The fourth-order valence-corrected chi connectivity index (χ4v) is 3.08. The van der Waals surface area contributed by atoms with Gasteiger partial charge in [-0.3, -0.25) is 0 Å². The van der Waals surface area contributed by atoms with Gasteiger partial charge in [0, 0.05) is 18.4 Å². The zero-order chi connectivity index (χ0) is 11.0. The van der Waals surface area contributed by atoms with Gasteiger partial charge in [0.1, 0.15) is 5.75 Å². The number of ether oxygens (including phenoxy) is 1. The molecule has 0 spiro atoms. The number of hydrogen-bond donors (Lipinski definition) is 1. The lowest BCUT2D eigenvalue weighted by Crippen LogP contribution is -2.31. The molecule has 0 radical (unpaired) electrons. The zero-order valence-electron chi connectivity index (χ0n) is 9.61. The van der Waals surface area contributed by atoms with E-state index in [9.17, 15) is 0 Å². The second-order valence-electron chi connectivity index (χ2n) is 4.99. The van der Waals surface area contributed by atoms with Crippen LogP contribution in [-0.2, 0) is 6.42 Å². The highest BCUT2D eigenvalue weighted by molar-refractivity contribution is 5.46. The van der Waals surface area contributed by atoms with Crippen LogP contribution in [0.5, 0.6) is 5.75 Å². The van der Waals surface area contributed by atoms with Gasteiger partial charge in [-0.15, -0.1) is 0 Å². The first kappa shape index (κ1) is 10.2. The topological polar surface area (TPSA) is 35.2 Å². The Morgan fingerprint density at radius 1 is 1.19 bits per heavy atom. The molecule has 2 atom stereocenters. The van der Waals surface area contributed by atoms with E-state index < -0.39 is 0 Å².